The van der Waals surface area contributed by atoms with E-state index in [-0.39, 0.29) is 17.0 Å². The normalized spacial score (nSPS) is 13.4. The maximum atomic E-state index is 12.2. The third kappa shape index (κ3) is 2.50. The summed E-state index contributed by atoms with van der Waals surface area (Å²) in [5, 5.41) is 1.99. The van der Waals surface area contributed by atoms with E-state index in [1.54, 1.807) is 25.2 Å². The van der Waals surface area contributed by atoms with Crippen molar-refractivity contribution in [1.82, 2.24) is 15.4 Å². The van der Waals surface area contributed by atoms with Crippen molar-refractivity contribution in [2.45, 2.75) is 0 Å². The topological polar surface area (TPSA) is 93.7 Å². The largest absolute Gasteiger partial charge is 0.465 e. The first kappa shape index (κ1) is 16.0. The van der Waals surface area contributed by atoms with Crippen LogP contribution >= 0.6 is 11.6 Å². The molecule has 1 aromatic heterocycles. The van der Waals surface area contributed by atoms with Gasteiger partial charge in [0.2, 0.25) is 0 Å². The van der Waals surface area contributed by atoms with Crippen molar-refractivity contribution in [3.05, 3.63) is 34.6 Å². The van der Waals surface area contributed by atoms with Gasteiger partial charge in [-0.2, -0.15) is 0 Å². The number of hydrogen-bond acceptors (Lipinski definition) is 8. The van der Waals surface area contributed by atoms with Crippen LogP contribution in [0.2, 0.25) is 5.02 Å². The predicted molar refractivity (Wildman–Crippen MR) is 87.0 cm³/mol. The average Bonchev–Trinajstić information content (AvgIpc) is 2.59. The van der Waals surface area contributed by atoms with Crippen molar-refractivity contribution in [3.8, 4) is 0 Å². The number of rotatable bonds is 2. The van der Waals surface area contributed by atoms with Crippen LogP contribution in [0.15, 0.2) is 23.9 Å². The Morgan fingerprint density at radius 3 is 2.50 bits per heavy atom. The predicted octanol–water partition coefficient (Wildman–Crippen LogP) is 1.29. The third-order valence-electron chi connectivity index (χ3n) is 3.47. The number of benzene rings is 1. The molecular formula is C15H13ClN4O4. The van der Waals surface area contributed by atoms with E-state index in [0.29, 0.717) is 21.9 Å². The highest BCUT2D eigenvalue weighted by molar-refractivity contribution is 6.31. The van der Waals surface area contributed by atoms with Crippen molar-refractivity contribution < 1.29 is 19.1 Å². The fourth-order valence-corrected chi connectivity index (χ4v) is 2.53. The number of carbonyl (C=O) groups is 2. The van der Waals surface area contributed by atoms with Gasteiger partial charge in [0.15, 0.2) is 11.5 Å². The second-order valence-electron chi connectivity index (χ2n) is 4.93. The van der Waals surface area contributed by atoms with Gasteiger partial charge in [-0.1, -0.05) is 11.6 Å². The maximum absolute atomic E-state index is 12.2. The van der Waals surface area contributed by atoms with Gasteiger partial charge in [0.25, 0.3) is 0 Å². The van der Waals surface area contributed by atoms with Gasteiger partial charge in [0.1, 0.15) is 11.3 Å². The van der Waals surface area contributed by atoms with Crippen LogP contribution in [-0.2, 0) is 19.1 Å². The number of fused-ring (bicyclic) bond motifs is 2. The molecule has 1 N–H and O–H groups in total. The summed E-state index contributed by atoms with van der Waals surface area (Å²) in [6.45, 7) is 0. The SMILES string of the molecule is COC(=O)C1=C(C(=O)OC)c2nc3ccc(Cl)cc3nc2N(C)N1. The van der Waals surface area contributed by atoms with Crippen molar-refractivity contribution in [2.24, 2.45) is 0 Å². The minimum atomic E-state index is -0.722. The summed E-state index contributed by atoms with van der Waals surface area (Å²) in [4.78, 5) is 33.2. The molecule has 1 aliphatic rings. The molecule has 8 nitrogen and oxygen atoms in total. The molecule has 0 radical (unpaired) electrons. The highest BCUT2D eigenvalue weighted by atomic mass is 35.5. The van der Waals surface area contributed by atoms with E-state index in [0.717, 1.165) is 0 Å². The van der Waals surface area contributed by atoms with E-state index in [1.165, 1.54) is 19.2 Å². The number of halogens is 1. The van der Waals surface area contributed by atoms with Crippen LogP contribution in [0.1, 0.15) is 5.69 Å². The van der Waals surface area contributed by atoms with Gasteiger partial charge in [-0.15, -0.1) is 0 Å². The number of nitrogens with one attached hydrogen (secondary N) is 1. The van der Waals surface area contributed by atoms with Crippen LogP contribution in [0.25, 0.3) is 16.6 Å². The number of ether oxygens (including phenoxy) is 2. The first-order chi connectivity index (χ1) is 11.5. The highest BCUT2D eigenvalue weighted by Crippen LogP contribution is 2.32. The lowest BCUT2D eigenvalue weighted by Crippen LogP contribution is -2.43. The third-order valence-corrected chi connectivity index (χ3v) is 3.71. The Labute approximate surface area is 142 Å². The summed E-state index contributed by atoms with van der Waals surface area (Å²) in [5.41, 5.74) is 3.97. The molecule has 0 atom stereocenters. The summed E-state index contributed by atoms with van der Waals surface area (Å²) in [5.74, 6) is -1.08. The van der Waals surface area contributed by atoms with Gasteiger partial charge in [0, 0.05) is 12.1 Å². The van der Waals surface area contributed by atoms with Crippen molar-refractivity contribution in [1.29, 1.82) is 0 Å². The van der Waals surface area contributed by atoms with E-state index in [1.807, 2.05) is 0 Å². The Hall–Kier alpha value is -2.87. The summed E-state index contributed by atoms with van der Waals surface area (Å²) in [6, 6.07) is 5.01. The Morgan fingerprint density at radius 1 is 1.12 bits per heavy atom. The molecule has 124 valence electrons. The van der Waals surface area contributed by atoms with Gasteiger partial charge in [-0.25, -0.2) is 19.6 Å². The van der Waals surface area contributed by atoms with Gasteiger partial charge >= 0.3 is 11.9 Å². The molecule has 0 saturated heterocycles. The van der Waals surface area contributed by atoms with Gasteiger partial charge in [0.05, 0.1) is 25.3 Å². The molecule has 0 aliphatic carbocycles. The molecule has 24 heavy (non-hydrogen) atoms. The summed E-state index contributed by atoms with van der Waals surface area (Å²) in [6.07, 6.45) is 0. The first-order valence-corrected chi connectivity index (χ1v) is 7.23. The Kier molecular flexibility index (Phi) is 3.98. The standard InChI is InChI=1S/C15H13ClN4O4/c1-20-13-11(17-8-5-4-7(16)6-9(8)18-13)10(14(21)23-2)12(19-20)15(22)24-3/h4-6,19H,1-3H3. The Balaban J connectivity index is 2.32. The Morgan fingerprint density at radius 2 is 1.83 bits per heavy atom. The lowest BCUT2D eigenvalue weighted by atomic mass is 10.1. The van der Waals surface area contributed by atoms with Crippen LogP contribution in [0.3, 0.4) is 0 Å². The molecule has 2 aromatic rings. The quantitative estimate of drug-likeness (QED) is 0.811. The van der Waals surface area contributed by atoms with E-state index >= 15 is 0 Å². The number of hydrogen-bond donors (Lipinski definition) is 1. The zero-order valence-corrected chi connectivity index (χ0v) is 13.8. The second-order valence-corrected chi connectivity index (χ2v) is 5.37. The zero-order valence-electron chi connectivity index (χ0n) is 13.1. The highest BCUT2D eigenvalue weighted by Gasteiger charge is 2.34. The molecular weight excluding hydrogens is 336 g/mol. The van der Waals surface area contributed by atoms with Crippen molar-refractivity contribution >= 4 is 46.0 Å². The van der Waals surface area contributed by atoms with Crippen LogP contribution in [0, 0.1) is 0 Å². The van der Waals surface area contributed by atoms with Crippen LogP contribution < -0.4 is 10.4 Å². The van der Waals surface area contributed by atoms with Crippen molar-refractivity contribution in [3.63, 3.8) is 0 Å². The molecule has 0 saturated carbocycles. The number of methoxy groups -OCH3 is 2. The molecule has 9 heteroatoms. The van der Waals surface area contributed by atoms with Crippen LogP contribution in [0.4, 0.5) is 5.82 Å². The van der Waals surface area contributed by atoms with Crippen LogP contribution in [0.5, 0.6) is 0 Å². The zero-order chi connectivity index (χ0) is 17.4. The minimum Gasteiger partial charge on any atom is -0.465 e. The molecule has 0 bridgehead atoms. The fraction of sp³-hybridized carbons (Fsp3) is 0.200. The summed E-state index contributed by atoms with van der Waals surface area (Å²) < 4.78 is 9.51. The lowest BCUT2D eigenvalue weighted by molar-refractivity contribution is -0.138. The second kappa shape index (κ2) is 5.97. The fourth-order valence-electron chi connectivity index (χ4n) is 2.37. The van der Waals surface area contributed by atoms with Gasteiger partial charge < -0.3 is 9.47 Å². The van der Waals surface area contributed by atoms with Crippen molar-refractivity contribution in [2.75, 3.05) is 26.3 Å². The molecule has 0 spiro atoms. The number of hydrazine groups is 1. The van der Waals surface area contributed by atoms with Gasteiger partial charge in [-0.05, 0) is 18.2 Å². The van der Waals surface area contributed by atoms with E-state index in [4.69, 9.17) is 21.1 Å². The van der Waals surface area contributed by atoms with E-state index in [2.05, 4.69) is 15.4 Å². The molecule has 0 unspecified atom stereocenters. The molecule has 0 amide bonds. The number of anilines is 1. The Bertz CT molecular complexity index is 896. The molecule has 2 heterocycles. The maximum Gasteiger partial charge on any atom is 0.356 e. The minimum absolute atomic E-state index is 0.0400. The van der Waals surface area contributed by atoms with E-state index < -0.39 is 11.9 Å². The number of esters is 2. The summed E-state index contributed by atoms with van der Waals surface area (Å²) >= 11 is 5.98. The molecule has 0 fully saturated rings. The smallest absolute Gasteiger partial charge is 0.356 e. The number of carbonyl (C=O) groups excluding carboxylic acids is 2. The molecule has 3 rings (SSSR count). The van der Waals surface area contributed by atoms with E-state index in [9.17, 15) is 9.59 Å². The monoisotopic (exact) mass is 348 g/mol. The number of nitrogens with zero attached hydrogens (tertiary/aromatic N) is 3. The number of aromatic nitrogens is 2. The lowest BCUT2D eigenvalue weighted by Gasteiger charge is -2.29. The van der Waals surface area contributed by atoms with Crippen LogP contribution in [-0.4, -0.2) is 43.2 Å². The summed E-state index contributed by atoms with van der Waals surface area (Å²) in [7, 11) is 4.08. The average molecular weight is 349 g/mol. The van der Waals surface area contributed by atoms with Gasteiger partial charge in [-0.3, -0.25) is 10.4 Å². The molecule has 1 aromatic carbocycles. The first-order valence-electron chi connectivity index (χ1n) is 6.85. The molecule has 1 aliphatic heterocycles.